The Hall–Kier alpha value is -1.90. The van der Waals surface area contributed by atoms with Crippen LogP contribution in [0, 0.1) is 0 Å². The molecule has 142 valence electrons. The van der Waals surface area contributed by atoms with Crippen molar-refractivity contribution in [3.8, 4) is 5.75 Å². The van der Waals surface area contributed by atoms with Crippen molar-refractivity contribution in [2.75, 3.05) is 26.7 Å². The van der Waals surface area contributed by atoms with E-state index in [-0.39, 0.29) is 16.4 Å². The molecule has 26 heavy (non-hydrogen) atoms. The summed E-state index contributed by atoms with van der Waals surface area (Å²) in [7, 11) is -2.18. The second-order valence-electron chi connectivity index (χ2n) is 5.54. The summed E-state index contributed by atoms with van der Waals surface area (Å²) < 4.78 is 32.0. The molecular weight excluding hydrogens is 372 g/mol. The highest BCUT2D eigenvalue weighted by Gasteiger charge is 2.24. The van der Waals surface area contributed by atoms with Crippen LogP contribution in [-0.4, -0.2) is 45.4 Å². The van der Waals surface area contributed by atoms with Gasteiger partial charge in [-0.15, -0.1) is 11.3 Å². The van der Waals surface area contributed by atoms with Crippen LogP contribution in [0.5, 0.6) is 5.75 Å². The molecule has 0 aliphatic heterocycles. The van der Waals surface area contributed by atoms with E-state index in [9.17, 15) is 13.2 Å². The number of hydrogen-bond donors (Lipinski definition) is 1. The summed E-state index contributed by atoms with van der Waals surface area (Å²) in [5.74, 6) is -0.00729. The molecule has 0 fully saturated rings. The summed E-state index contributed by atoms with van der Waals surface area (Å²) in [6, 6.07) is 8.34. The van der Waals surface area contributed by atoms with Gasteiger partial charge in [0.05, 0.1) is 17.6 Å². The van der Waals surface area contributed by atoms with Crippen LogP contribution >= 0.6 is 11.3 Å². The van der Waals surface area contributed by atoms with Crippen LogP contribution in [0.2, 0.25) is 0 Å². The molecule has 0 unspecified atom stereocenters. The van der Waals surface area contributed by atoms with E-state index < -0.39 is 10.0 Å². The smallest absolute Gasteiger partial charge is 0.255 e. The maximum atomic E-state index is 12.7. The Morgan fingerprint density at radius 3 is 2.54 bits per heavy atom. The summed E-state index contributed by atoms with van der Waals surface area (Å²) in [5.41, 5.74) is 0.215. The van der Waals surface area contributed by atoms with Gasteiger partial charge in [0, 0.05) is 24.5 Å². The summed E-state index contributed by atoms with van der Waals surface area (Å²) >= 11 is 1.63. The van der Waals surface area contributed by atoms with E-state index in [1.54, 1.807) is 25.2 Å². The fraction of sp³-hybridized carbons (Fsp3) is 0.389. The van der Waals surface area contributed by atoms with E-state index in [0.717, 1.165) is 6.42 Å². The van der Waals surface area contributed by atoms with Gasteiger partial charge in [0.25, 0.3) is 5.91 Å². The Labute approximate surface area is 158 Å². The second kappa shape index (κ2) is 9.16. The topological polar surface area (TPSA) is 75.7 Å². The van der Waals surface area contributed by atoms with Crippen molar-refractivity contribution >= 4 is 27.3 Å². The van der Waals surface area contributed by atoms with Crippen LogP contribution in [0.25, 0.3) is 0 Å². The Morgan fingerprint density at radius 1 is 1.23 bits per heavy atom. The van der Waals surface area contributed by atoms with E-state index in [4.69, 9.17) is 4.74 Å². The molecule has 0 aliphatic rings. The number of carbonyl (C=O) groups is 1. The zero-order chi connectivity index (χ0) is 19.2. The number of ether oxygens (including phenoxy) is 1. The minimum atomic E-state index is -3.64. The monoisotopic (exact) mass is 396 g/mol. The number of rotatable bonds is 9. The van der Waals surface area contributed by atoms with Gasteiger partial charge in [0.15, 0.2) is 0 Å². The van der Waals surface area contributed by atoms with Crippen molar-refractivity contribution in [2.24, 2.45) is 0 Å². The van der Waals surface area contributed by atoms with Gasteiger partial charge in [-0.1, -0.05) is 19.9 Å². The highest BCUT2D eigenvalue weighted by molar-refractivity contribution is 7.89. The maximum absolute atomic E-state index is 12.7. The van der Waals surface area contributed by atoms with Gasteiger partial charge in [0.1, 0.15) is 5.75 Å². The highest BCUT2D eigenvalue weighted by Crippen LogP contribution is 2.24. The first-order chi connectivity index (χ1) is 12.4. The van der Waals surface area contributed by atoms with Crippen LogP contribution < -0.4 is 10.1 Å². The summed E-state index contributed by atoms with van der Waals surface area (Å²) in [6.07, 6.45) is 0.725. The first kappa shape index (κ1) is 20.4. The summed E-state index contributed by atoms with van der Waals surface area (Å²) in [6.45, 7) is 4.77. The molecule has 0 radical (unpaired) electrons. The van der Waals surface area contributed by atoms with E-state index in [1.807, 2.05) is 17.5 Å². The quantitative estimate of drug-likeness (QED) is 0.707. The van der Waals surface area contributed by atoms with Crippen LogP contribution in [0.4, 0.5) is 0 Å². The minimum Gasteiger partial charge on any atom is -0.496 e. The Kier molecular flexibility index (Phi) is 7.19. The van der Waals surface area contributed by atoms with Crippen molar-refractivity contribution < 1.29 is 17.9 Å². The number of sulfonamides is 1. The molecule has 1 aromatic heterocycles. The molecule has 6 nitrogen and oxygen atoms in total. The third kappa shape index (κ3) is 4.63. The molecule has 2 rings (SSSR count). The standard InChI is InChI=1S/C18H24N2O4S2/c1-4-20(5-2)26(22,23)15-8-9-17(24-3)16(13-15)18(21)19-11-10-14-7-6-12-25-14/h6-9,12-13H,4-5,10-11H2,1-3H3,(H,19,21). The van der Waals surface area contributed by atoms with Crippen molar-refractivity contribution in [3.05, 3.63) is 46.2 Å². The number of methoxy groups -OCH3 is 1. The van der Waals surface area contributed by atoms with Gasteiger partial charge < -0.3 is 10.1 Å². The predicted molar refractivity (Wildman–Crippen MR) is 103 cm³/mol. The normalized spacial score (nSPS) is 11.5. The van der Waals surface area contributed by atoms with E-state index in [0.29, 0.717) is 25.4 Å². The number of thiophene rings is 1. The molecule has 1 heterocycles. The van der Waals surface area contributed by atoms with Gasteiger partial charge in [0.2, 0.25) is 10.0 Å². The number of carbonyl (C=O) groups excluding carboxylic acids is 1. The fourth-order valence-corrected chi connectivity index (χ4v) is 4.78. The van der Waals surface area contributed by atoms with Gasteiger partial charge in [-0.2, -0.15) is 4.31 Å². The summed E-state index contributed by atoms with van der Waals surface area (Å²) in [4.78, 5) is 13.8. The molecule has 0 saturated carbocycles. The lowest BCUT2D eigenvalue weighted by Crippen LogP contribution is -2.31. The zero-order valence-corrected chi connectivity index (χ0v) is 16.8. The number of amides is 1. The van der Waals surface area contributed by atoms with E-state index in [1.165, 1.54) is 34.5 Å². The number of nitrogens with zero attached hydrogens (tertiary/aromatic N) is 1. The van der Waals surface area contributed by atoms with E-state index >= 15 is 0 Å². The summed E-state index contributed by atoms with van der Waals surface area (Å²) in [5, 5.41) is 4.81. The molecule has 0 atom stereocenters. The van der Waals surface area contributed by atoms with Gasteiger partial charge in [-0.25, -0.2) is 8.42 Å². The number of hydrogen-bond acceptors (Lipinski definition) is 5. The van der Waals surface area contributed by atoms with Gasteiger partial charge >= 0.3 is 0 Å². The maximum Gasteiger partial charge on any atom is 0.255 e. The zero-order valence-electron chi connectivity index (χ0n) is 15.2. The third-order valence-electron chi connectivity index (χ3n) is 4.00. The first-order valence-electron chi connectivity index (χ1n) is 8.42. The molecule has 1 N–H and O–H groups in total. The molecule has 8 heteroatoms. The van der Waals surface area contributed by atoms with Crippen molar-refractivity contribution in [1.29, 1.82) is 0 Å². The minimum absolute atomic E-state index is 0.0883. The highest BCUT2D eigenvalue weighted by atomic mass is 32.2. The molecule has 1 aromatic carbocycles. The Morgan fingerprint density at radius 2 is 1.96 bits per heavy atom. The molecular formula is C18H24N2O4S2. The Bertz CT molecular complexity index is 829. The van der Waals surface area contributed by atoms with Crippen molar-refractivity contribution in [3.63, 3.8) is 0 Å². The largest absolute Gasteiger partial charge is 0.496 e. The molecule has 0 spiro atoms. The second-order valence-corrected chi connectivity index (χ2v) is 8.51. The lowest BCUT2D eigenvalue weighted by molar-refractivity contribution is 0.0951. The Balaban J connectivity index is 2.22. The van der Waals surface area contributed by atoms with Crippen LogP contribution in [0.3, 0.4) is 0 Å². The van der Waals surface area contributed by atoms with Crippen molar-refractivity contribution in [2.45, 2.75) is 25.2 Å². The molecule has 0 aliphatic carbocycles. The molecule has 0 bridgehead atoms. The van der Waals surface area contributed by atoms with Gasteiger partial charge in [-0.3, -0.25) is 4.79 Å². The average Bonchev–Trinajstić information content (AvgIpc) is 3.15. The van der Waals surface area contributed by atoms with E-state index in [2.05, 4.69) is 5.32 Å². The SMILES string of the molecule is CCN(CC)S(=O)(=O)c1ccc(OC)c(C(=O)NCCc2cccs2)c1. The average molecular weight is 397 g/mol. The number of benzene rings is 1. The van der Waals surface area contributed by atoms with Gasteiger partial charge in [-0.05, 0) is 36.1 Å². The molecule has 2 aromatic rings. The molecule has 1 amide bonds. The fourth-order valence-electron chi connectivity index (χ4n) is 2.59. The predicted octanol–water partition coefficient (Wildman–Crippen LogP) is 2.76. The van der Waals surface area contributed by atoms with Crippen LogP contribution in [-0.2, 0) is 16.4 Å². The lowest BCUT2D eigenvalue weighted by Gasteiger charge is -2.19. The lowest BCUT2D eigenvalue weighted by atomic mass is 10.2. The molecule has 0 saturated heterocycles. The van der Waals surface area contributed by atoms with Crippen LogP contribution in [0.1, 0.15) is 29.1 Å². The first-order valence-corrected chi connectivity index (χ1v) is 10.7. The number of nitrogens with one attached hydrogen (secondary N) is 1. The van der Waals surface area contributed by atoms with Crippen LogP contribution in [0.15, 0.2) is 40.6 Å². The van der Waals surface area contributed by atoms with Crippen molar-refractivity contribution in [1.82, 2.24) is 9.62 Å². The third-order valence-corrected chi connectivity index (χ3v) is 6.98.